The van der Waals surface area contributed by atoms with Crippen molar-refractivity contribution in [3.8, 4) is 0 Å². The first-order chi connectivity index (χ1) is 12.3. The number of nitrogens with zero attached hydrogens (tertiary/aromatic N) is 4. The molecule has 8 heteroatoms. The lowest BCUT2D eigenvalue weighted by molar-refractivity contribution is 0.298. The number of aromatic nitrogens is 2. The molecule has 0 bridgehead atoms. The lowest BCUT2D eigenvalue weighted by Crippen LogP contribution is -2.42. The van der Waals surface area contributed by atoms with Crippen molar-refractivity contribution in [2.24, 2.45) is 12.0 Å². The number of hydrogen-bond acceptors (Lipinski definition) is 3. The van der Waals surface area contributed by atoms with Gasteiger partial charge in [-0.15, -0.1) is 0 Å². The summed E-state index contributed by atoms with van der Waals surface area (Å²) in [6, 6.07) is 5.84. The molecule has 2 aromatic rings. The molecule has 1 aromatic carbocycles. The molecule has 0 saturated carbocycles. The monoisotopic (exact) mass is 396 g/mol. The van der Waals surface area contributed by atoms with Crippen LogP contribution in [0.15, 0.2) is 35.6 Å². The molecule has 0 radical (unpaired) electrons. The zero-order chi connectivity index (χ0) is 19.3. The summed E-state index contributed by atoms with van der Waals surface area (Å²) in [6.45, 7) is 2.75. The number of halogens is 2. The van der Waals surface area contributed by atoms with Crippen molar-refractivity contribution in [2.75, 3.05) is 27.7 Å². The van der Waals surface area contributed by atoms with Crippen LogP contribution in [0.25, 0.3) is 0 Å². The lowest BCUT2D eigenvalue weighted by atomic mass is 10.1. The van der Waals surface area contributed by atoms with Gasteiger partial charge < -0.3 is 15.5 Å². The van der Waals surface area contributed by atoms with Crippen molar-refractivity contribution >= 4 is 29.2 Å². The minimum Gasteiger partial charge on any atom is -0.354 e. The maximum Gasteiger partial charge on any atom is 0.191 e. The number of guanidine groups is 1. The summed E-state index contributed by atoms with van der Waals surface area (Å²) in [5.74, 6) is 0.722. The molecule has 26 heavy (non-hydrogen) atoms. The Morgan fingerprint density at radius 2 is 2.00 bits per heavy atom. The largest absolute Gasteiger partial charge is 0.354 e. The average Bonchev–Trinajstić information content (AvgIpc) is 3.02. The third kappa shape index (κ3) is 5.37. The summed E-state index contributed by atoms with van der Waals surface area (Å²) in [7, 11) is 7.77. The van der Waals surface area contributed by atoms with Gasteiger partial charge in [-0.25, -0.2) is 0 Å². The molecule has 0 amide bonds. The highest BCUT2D eigenvalue weighted by Gasteiger charge is 2.17. The summed E-state index contributed by atoms with van der Waals surface area (Å²) >= 11 is 12.1. The van der Waals surface area contributed by atoms with E-state index in [0.29, 0.717) is 16.6 Å². The molecule has 0 saturated heterocycles. The minimum absolute atomic E-state index is 0.0344. The SMILES string of the molecule is CN=C(NCC(c1cnn(C)c1)N(C)C)NC(C)c1ccc(Cl)c(Cl)c1. The molecular formula is C18H26Cl2N6. The number of rotatable bonds is 6. The van der Waals surface area contributed by atoms with Crippen LogP contribution in [0.3, 0.4) is 0 Å². The zero-order valence-electron chi connectivity index (χ0n) is 15.8. The fraction of sp³-hybridized carbons (Fsp3) is 0.444. The van der Waals surface area contributed by atoms with E-state index in [4.69, 9.17) is 23.2 Å². The van der Waals surface area contributed by atoms with Crippen molar-refractivity contribution in [1.82, 2.24) is 25.3 Å². The number of likely N-dealkylation sites (N-methyl/N-ethyl adjacent to an activating group) is 1. The van der Waals surface area contributed by atoms with E-state index in [9.17, 15) is 0 Å². The molecule has 2 unspecified atom stereocenters. The molecule has 0 aliphatic carbocycles. The van der Waals surface area contributed by atoms with Gasteiger partial charge in [0.15, 0.2) is 5.96 Å². The maximum absolute atomic E-state index is 6.12. The van der Waals surface area contributed by atoms with E-state index in [1.165, 1.54) is 0 Å². The molecule has 2 rings (SSSR count). The number of nitrogens with one attached hydrogen (secondary N) is 2. The van der Waals surface area contributed by atoms with Crippen LogP contribution in [0.5, 0.6) is 0 Å². The predicted octanol–water partition coefficient (Wildman–Crippen LogP) is 3.26. The topological polar surface area (TPSA) is 57.5 Å². The molecular weight excluding hydrogens is 371 g/mol. The van der Waals surface area contributed by atoms with Crippen molar-refractivity contribution in [2.45, 2.75) is 19.0 Å². The Labute approximate surface area is 165 Å². The van der Waals surface area contributed by atoms with E-state index < -0.39 is 0 Å². The summed E-state index contributed by atoms with van der Waals surface area (Å²) in [5, 5.41) is 12.1. The molecule has 0 aliphatic rings. The normalized spacial score (nSPS) is 14.4. The standard InChI is InChI=1S/C18H26Cl2N6/c1-12(13-6-7-15(19)16(20)8-13)24-18(21-2)22-10-17(25(3)4)14-9-23-26(5)11-14/h6-9,11-12,17H,10H2,1-5H3,(H2,21,22,24). The van der Waals surface area contributed by atoms with E-state index in [0.717, 1.165) is 17.1 Å². The van der Waals surface area contributed by atoms with Crippen LogP contribution in [-0.4, -0.2) is 48.3 Å². The summed E-state index contributed by atoms with van der Waals surface area (Å²) < 4.78 is 1.81. The molecule has 6 nitrogen and oxygen atoms in total. The first-order valence-corrected chi connectivity index (χ1v) is 9.14. The minimum atomic E-state index is 0.0344. The summed E-state index contributed by atoms with van der Waals surface area (Å²) in [4.78, 5) is 6.47. The molecule has 1 heterocycles. The van der Waals surface area contributed by atoms with Crippen LogP contribution in [0.4, 0.5) is 0 Å². The number of benzene rings is 1. The van der Waals surface area contributed by atoms with E-state index in [1.807, 2.05) is 50.4 Å². The summed E-state index contributed by atoms with van der Waals surface area (Å²) in [6.07, 6.45) is 3.92. The fourth-order valence-corrected chi connectivity index (χ4v) is 2.98. The molecule has 0 spiro atoms. The second kappa shape index (κ2) is 9.26. The van der Waals surface area contributed by atoms with Gasteiger partial charge in [0.2, 0.25) is 0 Å². The zero-order valence-corrected chi connectivity index (χ0v) is 17.3. The fourth-order valence-electron chi connectivity index (χ4n) is 2.67. The molecule has 2 N–H and O–H groups in total. The average molecular weight is 397 g/mol. The van der Waals surface area contributed by atoms with Gasteiger partial charge in [-0.05, 0) is 38.7 Å². The van der Waals surface area contributed by atoms with Crippen molar-refractivity contribution in [1.29, 1.82) is 0 Å². The van der Waals surface area contributed by atoms with Crippen molar-refractivity contribution < 1.29 is 0 Å². The maximum atomic E-state index is 6.12. The quantitative estimate of drug-likeness (QED) is 0.581. The van der Waals surface area contributed by atoms with Crippen LogP contribution < -0.4 is 10.6 Å². The van der Waals surface area contributed by atoms with Crippen LogP contribution in [0, 0.1) is 0 Å². The summed E-state index contributed by atoms with van der Waals surface area (Å²) in [5.41, 5.74) is 2.19. The smallest absolute Gasteiger partial charge is 0.191 e. The molecule has 1 aromatic heterocycles. The van der Waals surface area contributed by atoms with Crippen LogP contribution in [0.2, 0.25) is 10.0 Å². The number of hydrogen-bond donors (Lipinski definition) is 2. The van der Waals surface area contributed by atoms with Crippen molar-refractivity contribution in [3.05, 3.63) is 51.8 Å². The van der Waals surface area contributed by atoms with Gasteiger partial charge in [0, 0.05) is 32.4 Å². The first-order valence-electron chi connectivity index (χ1n) is 8.39. The molecule has 0 fully saturated rings. The Kier molecular flexibility index (Phi) is 7.32. The first kappa shape index (κ1) is 20.6. The van der Waals surface area contributed by atoms with Gasteiger partial charge in [0.25, 0.3) is 0 Å². The third-order valence-electron chi connectivity index (χ3n) is 4.22. The lowest BCUT2D eigenvalue weighted by Gasteiger charge is -2.25. The highest BCUT2D eigenvalue weighted by atomic mass is 35.5. The molecule has 142 valence electrons. The van der Waals surface area contributed by atoms with Gasteiger partial charge in [-0.2, -0.15) is 5.10 Å². The van der Waals surface area contributed by atoms with Crippen LogP contribution >= 0.6 is 23.2 Å². The highest BCUT2D eigenvalue weighted by molar-refractivity contribution is 6.42. The van der Waals surface area contributed by atoms with E-state index in [2.05, 4.69) is 32.5 Å². The van der Waals surface area contributed by atoms with E-state index >= 15 is 0 Å². The third-order valence-corrected chi connectivity index (χ3v) is 4.96. The Morgan fingerprint density at radius 3 is 2.54 bits per heavy atom. The second-order valence-electron chi connectivity index (χ2n) is 6.42. The molecule has 0 aliphatic heterocycles. The van der Waals surface area contributed by atoms with Gasteiger partial charge >= 0.3 is 0 Å². The Bertz CT molecular complexity index is 756. The van der Waals surface area contributed by atoms with E-state index in [-0.39, 0.29) is 12.1 Å². The second-order valence-corrected chi connectivity index (χ2v) is 7.23. The molecule has 2 atom stereocenters. The number of aryl methyl sites for hydroxylation is 1. The highest BCUT2D eigenvalue weighted by Crippen LogP contribution is 2.25. The van der Waals surface area contributed by atoms with Crippen LogP contribution in [-0.2, 0) is 7.05 Å². The van der Waals surface area contributed by atoms with E-state index in [1.54, 1.807) is 13.1 Å². The Balaban J connectivity index is 2.00. The Morgan fingerprint density at radius 1 is 1.27 bits per heavy atom. The van der Waals surface area contributed by atoms with Gasteiger partial charge in [0.05, 0.1) is 28.3 Å². The van der Waals surface area contributed by atoms with Crippen LogP contribution in [0.1, 0.15) is 30.1 Å². The van der Waals surface area contributed by atoms with Gasteiger partial charge in [-0.3, -0.25) is 9.67 Å². The van der Waals surface area contributed by atoms with Gasteiger partial charge in [0.1, 0.15) is 0 Å². The van der Waals surface area contributed by atoms with Gasteiger partial charge in [-0.1, -0.05) is 29.3 Å². The Hall–Kier alpha value is -1.76. The van der Waals surface area contributed by atoms with Crippen molar-refractivity contribution in [3.63, 3.8) is 0 Å². The number of aliphatic imine (C=N–C) groups is 1. The predicted molar refractivity (Wildman–Crippen MR) is 109 cm³/mol.